The van der Waals surface area contributed by atoms with Gasteiger partial charge in [-0.15, -0.1) is 11.3 Å². The van der Waals surface area contributed by atoms with Crippen molar-refractivity contribution < 1.29 is 9.21 Å². The van der Waals surface area contributed by atoms with Crippen LogP contribution in [0.25, 0.3) is 10.2 Å². The second-order valence-corrected chi connectivity index (χ2v) is 7.95. The lowest BCUT2D eigenvalue weighted by atomic mass is 10.0. The topological polar surface area (TPSA) is 84.2 Å². The molecule has 7 nitrogen and oxygen atoms in total. The van der Waals surface area contributed by atoms with Crippen LogP contribution < -0.4 is 5.32 Å². The van der Waals surface area contributed by atoms with Gasteiger partial charge < -0.3 is 4.42 Å². The zero-order valence-corrected chi connectivity index (χ0v) is 16.6. The van der Waals surface area contributed by atoms with Crippen molar-refractivity contribution in [3.05, 3.63) is 70.8 Å². The lowest BCUT2D eigenvalue weighted by molar-refractivity contribution is 0.102. The zero-order chi connectivity index (χ0) is 19.8. The fourth-order valence-electron chi connectivity index (χ4n) is 3.61. The number of fused-ring (bicyclic) bond motifs is 2. The summed E-state index contributed by atoms with van der Waals surface area (Å²) in [6.07, 6.45) is 3.92. The molecule has 4 aromatic rings. The van der Waals surface area contributed by atoms with Gasteiger partial charge in [-0.25, -0.2) is 4.98 Å². The fraction of sp³-hybridized carbons (Fsp3) is 0.238. The van der Waals surface area contributed by atoms with E-state index in [2.05, 4.69) is 50.3 Å². The number of anilines is 1. The summed E-state index contributed by atoms with van der Waals surface area (Å²) in [5.41, 5.74) is 5.53. The molecule has 0 radical (unpaired) electrons. The Morgan fingerprint density at radius 3 is 3.14 bits per heavy atom. The number of nitrogens with zero attached hydrogens (tertiary/aromatic N) is 4. The number of amides is 1. The van der Waals surface area contributed by atoms with Crippen molar-refractivity contribution in [1.82, 2.24) is 19.9 Å². The summed E-state index contributed by atoms with van der Waals surface area (Å²) in [7, 11) is 0. The van der Waals surface area contributed by atoms with Gasteiger partial charge in [-0.2, -0.15) is 4.98 Å². The summed E-state index contributed by atoms with van der Waals surface area (Å²) in [5.74, 6) is 0.526. The molecule has 0 spiro atoms. The number of benzene rings is 1. The van der Waals surface area contributed by atoms with E-state index in [9.17, 15) is 4.79 Å². The molecule has 1 unspecified atom stereocenters. The normalized spacial score (nSPS) is 15.2. The molecule has 1 N–H and O–H groups in total. The SMILES string of the molecule is CC(c1ccc2scnc2c1)N1CCc2nc(NC(=O)c3cccnc3)oc2C1. The van der Waals surface area contributed by atoms with Gasteiger partial charge in [0.1, 0.15) is 5.76 Å². The first-order valence-electron chi connectivity index (χ1n) is 9.44. The maximum atomic E-state index is 12.3. The van der Waals surface area contributed by atoms with Crippen molar-refractivity contribution in [2.24, 2.45) is 0 Å². The van der Waals surface area contributed by atoms with Gasteiger partial charge in [0.25, 0.3) is 5.91 Å². The molecule has 3 aromatic heterocycles. The highest BCUT2D eigenvalue weighted by Gasteiger charge is 2.27. The monoisotopic (exact) mass is 405 g/mol. The van der Waals surface area contributed by atoms with Crippen molar-refractivity contribution in [2.75, 3.05) is 11.9 Å². The Hall–Kier alpha value is -3.10. The quantitative estimate of drug-likeness (QED) is 0.551. The van der Waals surface area contributed by atoms with E-state index in [1.807, 2.05) is 5.51 Å². The number of aromatic nitrogens is 3. The van der Waals surface area contributed by atoms with Gasteiger partial charge in [-0.05, 0) is 36.8 Å². The van der Waals surface area contributed by atoms with Gasteiger partial charge in [0, 0.05) is 31.4 Å². The highest BCUT2D eigenvalue weighted by Crippen LogP contribution is 2.31. The van der Waals surface area contributed by atoms with Gasteiger partial charge in [-0.3, -0.25) is 20.0 Å². The molecule has 29 heavy (non-hydrogen) atoms. The molecule has 0 saturated carbocycles. The highest BCUT2D eigenvalue weighted by molar-refractivity contribution is 7.16. The first-order chi connectivity index (χ1) is 14.2. The van der Waals surface area contributed by atoms with Gasteiger partial charge >= 0.3 is 6.01 Å². The van der Waals surface area contributed by atoms with E-state index in [-0.39, 0.29) is 18.0 Å². The Kier molecular flexibility index (Phi) is 4.57. The number of rotatable bonds is 4. The smallest absolute Gasteiger partial charge is 0.302 e. The largest absolute Gasteiger partial charge is 0.427 e. The molecule has 1 aliphatic heterocycles. The van der Waals surface area contributed by atoms with E-state index in [4.69, 9.17) is 4.42 Å². The zero-order valence-electron chi connectivity index (χ0n) is 15.8. The molecule has 4 heterocycles. The van der Waals surface area contributed by atoms with Crippen molar-refractivity contribution in [3.8, 4) is 0 Å². The molecule has 8 heteroatoms. The lowest BCUT2D eigenvalue weighted by Gasteiger charge is -2.31. The Morgan fingerprint density at radius 1 is 1.34 bits per heavy atom. The molecule has 0 saturated heterocycles. The van der Waals surface area contributed by atoms with Crippen LogP contribution in [0, 0.1) is 0 Å². The van der Waals surface area contributed by atoms with Crippen LogP contribution in [-0.4, -0.2) is 32.3 Å². The highest BCUT2D eigenvalue weighted by atomic mass is 32.1. The Balaban J connectivity index is 1.31. The number of hydrogen-bond acceptors (Lipinski definition) is 7. The van der Waals surface area contributed by atoms with Crippen molar-refractivity contribution >= 4 is 33.5 Å². The summed E-state index contributed by atoms with van der Waals surface area (Å²) < 4.78 is 7.06. The second kappa shape index (κ2) is 7.38. The maximum absolute atomic E-state index is 12.3. The molecule has 1 aliphatic rings. The van der Waals surface area contributed by atoms with Gasteiger partial charge in [0.15, 0.2) is 0 Å². The van der Waals surface area contributed by atoms with Crippen LogP contribution in [0.15, 0.2) is 52.7 Å². The van der Waals surface area contributed by atoms with Crippen LogP contribution in [0.5, 0.6) is 0 Å². The van der Waals surface area contributed by atoms with E-state index in [1.165, 1.54) is 16.5 Å². The first-order valence-corrected chi connectivity index (χ1v) is 10.3. The molecule has 1 amide bonds. The maximum Gasteiger partial charge on any atom is 0.302 e. The number of nitrogens with one attached hydrogen (secondary N) is 1. The van der Waals surface area contributed by atoms with Gasteiger partial charge in [0.2, 0.25) is 0 Å². The minimum atomic E-state index is -0.279. The van der Waals surface area contributed by atoms with Gasteiger partial charge in [-0.1, -0.05) is 6.07 Å². The molecule has 1 aromatic carbocycles. The average molecular weight is 405 g/mol. The molecule has 0 fully saturated rings. The predicted octanol–water partition coefficient (Wildman–Crippen LogP) is 4.05. The van der Waals surface area contributed by atoms with Gasteiger partial charge in [0.05, 0.1) is 33.5 Å². The molecule has 5 rings (SSSR count). The first kappa shape index (κ1) is 18.0. The standard InChI is InChI=1S/C21H19N5O2S/c1-13(14-4-5-19-17(9-14)23-12-29-19)26-8-6-16-18(11-26)28-21(24-16)25-20(27)15-3-2-7-22-10-15/h2-5,7,9-10,12-13H,6,8,11H2,1H3,(H,24,25,27). The van der Waals surface area contributed by atoms with Crippen LogP contribution in [0.3, 0.4) is 0 Å². The second-order valence-electron chi connectivity index (χ2n) is 7.06. The number of carbonyl (C=O) groups excluding carboxylic acids is 1. The predicted molar refractivity (Wildman–Crippen MR) is 111 cm³/mol. The van der Waals surface area contributed by atoms with Crippen molar-refractivity contribution in [2.45, 2.75) is 25.9 Å². The average Bonchev–Trinajstić information content (AvgIpc) is 3.38. The van der Waals surface area contributed by atoms with Crippen LogP contribution in [0.1, 0.15) is 40.3 Å². The Labute approximate surface area is 171 Å². The van der Waals surface area contributed by atoms with Crippen LogP contribution in [-0.2, 0) is 13.0 Å². The van der Waals surface area contributed by atoms with E-state index >= 15 is 0 Å². The molecule has 0 aliphatic carbocycles. The summed E-state index contributed by atoms with van der Waals surface area (Å²) in [4.78, 5) is 27.5. The molecule has 146 valence electrons. The summed E-state index contributed by atoms with van der Waals surface area (Å²) in [5, 5.41) is 2.73. The Morgan fingerprint density at radius 2 is 2.28 bits per heavy atom. The van der Waals surface area contributed by atoms with E-state index in [0.29, 0.717) is 12.1 Å². The summed E-state index contributed by atoms with van der Waals surface area (Å²) >= 11 is 1.65. The van der Waals surface area contributed by atoms with E-state index in [1.54, 1.807) is 29.7 Å². The molecular weight excluding hydrogens is 386 g/mol. The third-order valence-electron chi connectivity index (χ3n) is 5.29. The number of hydrogen-bond donors (Lipinski definition) is 1. The summed E-state index contributed by atoms with van der Waals surface area (Å²) in [6.45, 7) is 3.73. The Bertz CT molecular complexity index is 1170. The number of thiazole rings is 1. The van der Waals surface area contributed by atoms with E-state index in [0.717, 1.165) is 29.9 Å². The lowest BCUT2D eigenvalue weighted by Crippen LogP contribution is -2.32. The van der Waals surface area contributed by atoms with E-state index < -0.39 is 0 Å². The van der Waals surface area contributed by atoms with Crippen molar-refractivity contribution in [1.29, 1.82) is 0 Å². The van der Waals surface area contributed by atoms with Crippen LogP contribution in [0.4, 0.5) is 6.01 Å². The number of oxazole rings is 1. The molecular formula is C21H19N5O2S. The number of carbonyl (C=O) groups is 1. The minimum Gasteiger partial charge on any atom is -0.427 e. The minimum absolute atomic E-state index is 0.229. The molecule has 1 atom stereocenters. The fourth-order valence-corrected chi connectivity index (χ4v) is 4.27. The molecule has 0 bridgehead atoms. The third kappa shape index (κ3) is 3.52. The number of pyridine rings is 1. The van der Waals surface area contributed by atoms with Crippen molar-refractivity contribution in [3.63, 3.8) is 0 Å². The third-order valence-corrected chi connectivity index (χ3v) is 6.10. The summed E-state index contributed by atoms with van der Waals surface area (Å²) in [6, 6.07) is 10.3. The van der Waals surface area contributed by atoms with Crippen LogP contribution >= 0.6 is 11.3 Å². The van der Waals surface area contributed by atoms with Crippen LogP contribution in [0.2, 0.25) is 0 Å².